The Morgan fingerprint density at radius 2 is 2.19 bits per heavy atom. The van der Waals surface area contributed by atoms with Crippen molar-refractivity contribution in [3.63, 3.8) is 0 Å². The lowest BCUT2D eigenvalue weighted by atomic mass is 10.1. The fourth-order valence-electron chi connectivity index (χ4n) is 1.75. The number of hydrogen-bond acceptors (Lipinski definition) is 6. The minimum atomic E-state index is -1.10. The summed E-state index contributed by atoms with van der Waals surface area (Å²) in [5, 5.41) is 13.7. The number of methoxy groups -OCH3 is 1. The molecule has 7 nitrogen and oxygen atoms in total. The monoisotopic (exact) mass is 318 g/mol. The maximum Gasteiger partial charge on any atom is 0.340 e. The van der Waals surface area contributed by atoms with Gasteiger partial charge in [-0.1, -0.05) is 0 Å². The van der Waals surface area contributed by atoms with Gasteiger partial charge in [0.1, 0.15) is 11.5 Å². The fraction of sp³-hybridized carbons (Fsp3) is 0.417. The van der Waals surface area contributed by atoms with Gasteiger partial charge in [-0.3, -0.25) is 14.3 Å². The van der Waals surface area contributed by atoms with Gasteiger partial charge in [0, 0.05) is 28.9 Å². The summed E-state index contributed by atoms with van der Waals surface area (Å²) in [6.07, 6.45) is 1.50. The molecule has 116 valence electrons. The van der Waals surface area contributed by atoms with Gasteiger partial charge >= 0.3 is 5.97 Å². The lowest BCUT2D eigenvalue weighted by molar-refractivity contribution is -0.384. The lowest BCUT2D eigenvalue weighted by Gasteiger charge is -2.15. The number of carbonyl (C=O) groups is 1. The van der Waals surface area contributed by atoms with E-state index in [0.29, 0.717) is 6.07 Å². The maximum atomic E-state index is 13.7. The molecular weight excluding hydrogens is 303 g/mol. The molecule has 2 unspecified atom stereocenters. The van der Waals surface area contributed by atoms with E-state index in [4.69, 9.17) is 0 Å². The summed E-state index contributed by atoms with van der Waals surface area (Å²) in [4.78, 5) is 21.6. The predicted molar refractivity (Wildman–Crippen MR) is 76.4 cm³/mol. The van der Waals surface area contributed by atoms with E-state index in [1.165, 1.54) is 6.26 Å². The number of halogens is 1. The zero-order valence-corrected chi connectivity index (χ0v) is 12.5. The summed E-state index contributed by atoms with van der Waals surface area (Å²) in [6, 6.07) is 1.32. The van der Waals surface area contributed by atoms with Crippen LogP contribution < -0.4 is 5.32 Å². The van der Waals surface area contributed by atoms with Gasteiger partial charge in [-0.25, -0.2) is 9.18 Å². The van der Waals surface area contributed by atoms with Gasteiger partial charge in [0.15, 0.2) is 0 Å². The largest absolute Gasteiger partial charge is 0.465 e. The van der Waals surface area contributed by atoms with E-state index in [1.807, 2.05) is 0 Å². The number of nitro benzene ring substituents is 1. The zero-order chi connectivity index (χ0) is 16.2. The highest BCUT2D eigenvalue weighted by Gasteiger charge is 2.23. The Labute approximate surface area is 123 Å². The van der Waals surface area contributed by atoms with Gasteiger partial charge in [0.2, 0.25) is 0 Å². The second-order valence-corrected chi connectivity index (χ2v) is 5.86. The molecule has 0 heterocycles. The molecule has 0 radical (unpaired) electrons. The number of rotatable bonds is 6. The Hall–Kier alpha value is -2.03. The topological polar surface area (TPSA) is 98.5 Å². The molecule has 0 aliphatic heterocycles. The SMILES string of the molecule is COC(=O)c1cc(NC(C)CS(C)=O)c([N+](=O)[O-])cc1F. The van der Waals surface area contributed by atoms with Crippen molar-refractivity contribution < 1.29 is 23.1 Å². The summed E-state index contributed by atoms with van der Waals surface area (Å²) in [6.45, 7) is 1.67. The molecule has 0 bridgehead atoms. The first-order valence-corrected chi connectivity index (χ1v) is 7.61. The maximum absolute atomic E-state index is 13.7. The second kappa shape index (κ2) is 7.11. The average molecular weight is 318 g/mol. The molecule has 1 N–H and O–H groups in total. The number of carbonyl (C=O) groups excluding carboxylic acids is 1. The van der Waals surface area contributed by atoms with Crippen LogP contribution in [0.15, 0.2) is 12.1 Å². The standard InChI is InChI=1S/C12H15FN2O5S/c1-7(6-21(3)19)14-10-4-8(12(16)20-2)9(13)5-11(10)15(17)18/h4-5,7,14H,6H2,1-3H3. The molecule has 0 amide bonds. The molecule has 0 aliphatic carbocycles. The Morgan fingerprint density at radius 3 is 2.67 bits per heavy atom. The number of nitro groups is 1. The number of nitrogens with zero attached hydrogens (tertiary/aromatic N) is 1. The molecule has 21 heavy (non-hydrogen) atoms. The van der Waals surface area contributed by atoms with Gasteiger partial charge < -0.3 is 10.1 Å². The third-order valence-corrected chi connectivity index (χ3v) is 3.54. The highest BCUT2D eigenvalue weighted by atomic mass is 32.2. The Morgan fingerprint density at radius 1 is 1.57 bits per heavy atom. The van der Waals surface area contributed by atoms with Crippen LogP contribution in [-0.2, 0) is 15.5 Å². The average Bonchev–Trinajstić information content (AvgIpc) is 2.38. The van der Waals surface area contributed by atoms with Crippen LogP contribution in [0.1, 0.15) is 17.3 Å². The highest BCUT2D eigenvalue weighted by Crippen LogP contribution is 2.28. The van der Waals surface area contributed by atoms with E-state index >= 15 is 0 Å². The first kappa shape index (κ1) is 17.0. The number of anilines is 1. The molecule has 0 fully saturated rings. The molecule has 9 heteroatoms. The summed E-state index contributed by atoms with van der Waals surface area (Å²) in [5.41, 5.74) is -0.941. The van der Waals surface area contributed by atoms with E-state index in [2.05, 4.69) is 10.1 Å². The van der Waals surface area contributed by atoms with E-state index in [1.54, 1.807) is 6.92 Å². The van der Waals surface area contributed by atoms with Crippen molar-refractivity contribution >= 4 is 28.1 Å². The van der Waals surface area contributed by atoms with Crippen LogP contribution in [0.4, 0.5) is 15.8 Å². The molecule has 1 aromatic carbocycles. The fourth-order valence-corrected chi connectivity index (χ4v) is 2.54. The van der Waals surface area contributed by atoms with E-state index in [0.717, 1.165) is 13.2 Å². The van der Waals surface area contributed by atoms with Gasteiger partial charge in [-0.15, -0.1) is 0 Å². The number of hydrogen-bond donors (Lipinski definition) is 1. The third kappa shape index (κ3) is 4.48. The van der Waals surface area contributed by atoms with Gasteiger partial charge in [-0.05, 0) is 13.0 Å². The van der Waals surface area contributed by atoms with Crippen molar-refractivity contribution in [2.24, 2.45) is 0 Å². The number of esters is 1. The van der Waals surface area contributed by atoms with Crippen LogP contribution >= 0.6 is 0 Å². The molecule has 1 rings (SSSR count). The van der Waals surface area contributed by atoms with E-state index < -0.39 is 38.8 Å². The van der Waals surface area contributed by atoms with Gasteiger partial charge in [-0.2, -0.15) is 0 Å². The van der Waals surface area contributed by atoms with Crippen molar-refractivity contribution in [2.75, 3.05) is 24.4 Å². The zero-order valence-electron chi connectivity index (χ0n) is 11.7. The molecule has 0 aromatic heterocycles. The Balaban J connectivity index is 3.23. The van der Waals surface area contributed by atoms with Crippen molar-refractivity contribution in [3.05, 3.63) is 33.6 Å². The summed E-state index contributed by atoms with van der Waals surface area (Å²) < 4.78 is 29.3. The molecule has 0 aliphatic rings. The van der Waals surface area contributed by atoms with Crippen LogP contribution in [0.25, 0.3) is 0 Å². The third-order valence-electron chi connectivity index (χ3n) is 2.57. The highest BCUT2D eigenvalue weighted by molar-refractivity contribution is 7.84. The molecular formula is C12H15FN2O5S. The number of ether oxygens (including phenoxy) is 1. The van der Waals surface area contributed by atoms with Crippen LogP contribution in [0.5, 0.6) is 0 Å². The molecule has 2 atom stereocenters. The van der Waals surface area contributed by atoms with Crippen LogP contribution in [-0.4, -0.2) is 40.3 Å². The van der Waals surface area contributed by atoms with E-state index in [9.17, 15) is 23.5 Å². The van der Waals surface area contributed by atoms with Gasteiger partial charge in [0.25, 0.3) is 5.69 Å². The smallest absolute Gasteiger partial charge is 0.340 e. The minimum absolute atomic E-state index is 0.0280. The second-order valence-electron chi connectivity index (χ2n) is 4.38. The quantitative estimate of drug-likeness (QED) is 0.487. The molecule has 0 saturated carbocycles. The first-order valence-electron chi connectivity index (χ1n) is 5.89. The minimum Gasteiger partial charge on any atom is -0.465 e. The normalized spacial score (nSPS) is 13.3. The number of nitrogens with one attached hydrogen (secondary N) is 1. The molecule has 0 saturated heterocycles. The van der Waals surface area contributed by atoms with Crippen molar-refractivity contribution in [1.82, 2.24) is 0 Å². The summed E-state index contributed by atoms with van der Waals surface area (Å²) in [7, 11) is -0.0223. The summed E-state index contributed by atoms with van der Waals surface area (Å²) >= 11 is 0. The van der Waals surface area contributed by atoms with Crippen LogP contribution in [0.3, 0.4) is 0 Å². The molecule has 1 aromatic rings. The van der Waals surface area contributed by atoms with Crippen molar-refractivity contribution in [2.45, 2.75) is 13.0 Å². The Kier molecular flexibility index (Phi) is 5.77. The lowest BCUT2D eigenvalue weighted by Crippen LogP contribution is -2.23. The number of benzene rings is 1. The molecule has 0 spiro atoms. The van der Waals surface area contributed by atoms with Crippen LogP contribution in [0.2, 0.25) is 0 Å². The summed E-state index contributed by atoms with van der Waals surface area (Å²) in [5.74, 6) is -1.72. The van der Waals surface area contributed by atoms with Crippen molar-refractivity contribution in [3.8, 4) is 0 Å². The van der Waals surface area contributed by atoms with Crippen molar-refractivity contribution in [1.29, 1.82) is 0 Å². The van der Waals surface area contributed by atoms with E-state index in [-0.39, 0.29) is 17.5 Å². The van der Waals surface area contributed by atoms with Gasteiger partial charge in [0.05, 0.1) is 23.7 Å². The predicted octanol–water partition coefficient (Wildman–Crippen LogP) is 1.70. The van der Waals surface area contributed by atoms with Crippen LogP contribution in [0, 0.1) is 15.9 Å². The first-order chi connectivity index (χ1) is 9.76. The Bertz CT molecular complexity index is 593.